The van der Waals surface area contributed by atoms with E-state index in [1.165, 1.54) is 37.1 Å². The van der Waals surface area contributed by atoms with Crippen molar-refractivity contribution >= 4 is 34.7 Å². The van der Waals surface area contributed by atoms with E-state index in [4.69, 9.17) is 23.7 Å². The van der Waals surface area contributed by atoms with Crippen molar-refractivity contribution in [3.8, 4) is 23.3 Å². The van der Waals surface area contributed by atoms with Crippen LogP contribution in [0.1, 0.15) is 39.3 Å². The van der Waals surface area contributed by atoms with Crippen LogP contribution in [0.3, 0.4) is 0 Å². The molecule has 1 fully saturated rings. The molecule has 5 aromatic heterocycles. The fourth-order valence-electron chi connectivity index (χ4n) is 6.34. The number of nitrogens with zero attached hydrogens (tertiary/aromatic N) is 9. The third-order valence-electron chi connectivity index (χ3n) is 9.09. The van der Waals surface area contributed by atoms with E-state index in [9.17, 15) is 19.2 Å². The van der Waals surface area contributed by atoms with E-state index >= 15 is 0 Å². The Morgan fingerprint density at radius 3 is 2.02 bits per heavy atom. The first kappa shape index (κ1) is 39.5. The maximum Gasteiger partial charge on any atom is 0.410 e. The molecule has 18 nitrogen and oxygen atoms in total. The summed E-state index contributed by atoms with van der Waals surface area (Å²) in [7, 11) is 2.98. The highest BCUT2D eigenvalue weighted by Crippen LogP contribution is 2.31. The number of aromatic nitrogens is 7. The van der Waals surface area contributed by atoms with Crippen molar-refractivity contribution in [2.24, 2.45) is 0 Å². The number of hydrogen-bond acceptors (Lipinski definition) is 15. The molecule has 0 bridgehead atoms. The Hall–Kier alpha value is -6.17. The molecule has 0 atom stereocenters. The molecule has 2 aliphatic rings. The topological polar surface area (TPSA) is 195 Å². The second kappa shape index (κ2) is 17.5. The van der Waals surface area contributed by atoms with Crippen molar-refractivity contribution in [1.82, 2.24) is 43.9 Å². The summed E-state index contributed by atoms with van der Waals surface area (Å²) < 4.78 is 30.1. The number of fused-ring (bicyclic) bond motifs is 3. The Balaban J connectivity index is 0.000000277. The van der Waals surface area contributed by atoms with Gasteiger partial charge in [0.15, 0.2) is 22.8 Å². The normalized spacial score (nSPS) is 14.4. The number of piperidine rings is 1. The van der Waals surface area contributed by atoms with E-state index in [2.05, 4.69) is 29.8 Å². The van der Waals surface area contributed by atoms with Gasteiger partial charge in [-0.05, 0) is 45.7 Å². The average molecular weight is 772 g/mol. The number of rotatable bonds is 10. The zero-order valence-corrected chi connectivity index (χ0v) is 32.0. The van der Waals surface area contributed by atoms with Crippen LogP contribution in [0.15, 0.2) is 58.5 Å². The Morgan fingerprint density at radius 2 is 1.43 bits per heavy atom. The van der Waals surface area contributed by atoms with Gasteiger partial charge in [0.25, 0.3) is 11.1 Å². The van der Waals surface area contributed by atoms with Crippen LogP contribution in [0.5, 0.6) is 23.3 Å². The molecule has 0 radical (unpaired) electrons. The number of hydrogen-bond donors (Lipinski definition) is 0. The smallest absolute Gasteiger partial charge is 0.410 e. The maximum atomic E-state index is 13.3. The molecule has 7 heterocycles. The van der Waals surface area contributed by atoms with Crippen LogP contribution in [-0.2, 0) is 29.2 Å². The standard InChI is InChI=1S/C28H36N6O6.C10H9N3O3/c1-28(2,3)40-27(36)34(18-19-15-22-23(16-29-19)39-14-13-38-22)20-7-9-32(10-8-20)11-12-33-25(35)6-5-21-26(33)31-24(37-4)17-30-21;1-16-8-6-11-7-2-3-9(15)13(4-5-14)10(7)12-8/h5-6,15-17,20H,7-14,18H2,1-4H3;2-3,5-6H,4H2,1H3. The Bertz CT molecular complexity index is 2300. The third-order valence-corrected chi connectivity index (χ3v) is 9.09. The van der Waals surface area contributed by atoms with E-state index in [0.29, 0.717) is 90.4 Å². The largest absolute Gasteiger partial charge is 0.486 e. The molecular weight excluding hydrogens is 726 g/mol. The molecular formula is C38H45N9O9. The van der Waals surface area contributed by atoms with E-state index in [1.54, 1.807) is 34.0 Å². The van der Waals surface area contributed by atoms with Crippen LogP contribution in [0.4, 0.5) is 4.79 Å². The lowest BCUT2D eigenvalue weighted by Gasteiger charge is -2.39. The van der Waals surface area contributed by atoms with Crippen molar-refractivity contribution < 1.29 is 33.3 Å². The number of carbonyl (C=O) groups is 2. The van der Waals surface area contributed by atoms with Crippen molar-refractivity contribution in [2.75, 3.05) is 47.1 Å². The molecule has 18 heteroatoms. The van der Waals surface area contributed by atoms with Gasteiger partial charge in [0.1, 0.15) is 36.1 Å². The van der Waals surface area contributed by atoms with Gasteiger partial charge in [-0.15, -0.1) is 0 Å². The van der Waals surface area contributed by atoms with Gasteiger partial charge in [0, 0.05) is 50.4 Å². The fraction of sp³-hybridized carbons (Fsp3) is 0.447. The lowest BCUT2D eigenvalue weighted by atomic mass is 10.0. The Kier molecular flexibility index (Phi) is 12.4. The quantitative estimate of drug-likeness (QED) is 0.188. The van der Waals surface area contributed by atoms with Gasteiger partial charge >= 0.3 is 6.09 Å². The summed E-state index contributed by atoms with van der Waals surface area (Å²) in [6.07, 6.45) is 6.45. The molecule has 2 aliphatic heterocycles. The summed E-state index contributed by atoms with van der Waals surface area (Å²) in [5.41, 5.74) is 1.71. The molecule has 7 rings (SSSR count). The van der Waals surface area contributed by atoms with Gasteiger partial charge in [-0.1, -0.05) is 0 Å². The van der Waals surface area contributed by atoms with Crippen LogP contribution < -0.4 is 30.1 Å². The number of likely N-dealkylation sites (tertiary alicyclic amines) is 1. The zero-order chi connectivity index (χ0) is 39.8. The fourth-order valence-corrected chi connectivity index (χ4v) is 6.34. The van der Waals surface area contributed by atoms with Gasteiger partial charge in [0.05, 0.1) is 51.6 Å². The van der Waals surface area contributed by atoms with E-state index in [0.717, 1.165) is 25.9 Å². The van der Waals surface area contributed by atoms with Gasteiger partial charge in [-0.25, -0.2) is 14.8 Å². The van der Waals surface area contributed by atoms with Crippen molar-refractivity contribution in [2.45, 2.75) is 64.9 Å². The van der Waals surface area contributed by atoms with E-state index < -0.39 is 5.60 Å². The highest BCUT2D eigenvalue weighted by atomic mass is 16.6. The molecule has 296 valence electrons. The number of pyridine rings is 3. The predicted octanol–water partition coefficient (Wildman–Crippen LogP) is 2.87. The number of carbonyl (C=O) groups excluding carboxylic acids is 2. The highest BCUT2D eigenvalue weighted by Gasteiger charge is 2.32. The number of aldehydes is 1. The minimum absolute atomic E-state index is 0.0171. The lowest BCUT2D eigenvalue weighted by molar-refractivity contribution is -0.108. The molecule has 0 unspecified atom stereocenters. The summed E-state index contributed by atoms with van der Waals surface area (Å²) in [5.74, 6) is 1.92. The second-order valence-electron chi connectivity index (χ2n) is 14.0. The average Bonchev–Trinajstić information content (AvgIpc) is 3.20. The third kappa shape index (κ3) is 9.55. The summed E-state index contributed by atoms with van der Waals surface area (Å²) >= 11 is 0. The molecule has 1 saturated heterocycles. The molecule has 0 aliphatic carbocycles. The number of methoxy groups -OCH3 is 2. The van der Waals surface area contributed by atoms with Gasteiger partial charge < -0.3 is 33.4 Å². The first-order chi connectivity index (χ1) is 27.0. The molecule has 0 spiro atoms. The van der Waals surface area contributed by atoms with Crippen LogP contribution in [0.2, 0.25) is 0 Å². The van der Waals surface area contributed by atoms with Gasteiger partial charge in [0.2, 0.25) is 11.8 Å². The van der Waals surface area contributed by atoms with E-state index in [-0.39, 0.29) is 29.8 Å². The lowest BCUT2D eigenvalue weighted by Crippen LogP contribution is -2.49. The summed E-state index contributed by atoms with van der Waals surface area (Å²) in [4.78, 5) is 73.5. The summed E-state index contributed by atoms with van der Waals surface area (Å²) in [5, 5.41) is 0. The Labute approximate surface area is 322 Å². The SMILES string of the molecule is COc1cnc2ccc(=O)n(CC=O)c2n1.COc1cnc2ccc(=O)n(CCN3CCC(N(Cc4cc5c(cn4)OCCO5)C(=O)OC(C)(C)C)CC3)c2n1. The van der Waals surface area contributed by atoms with Crippen molar-refractivity contribution in [3.05, 3.63) is 75.3 Å². The second-order valence-corrected chi connectivity index (χ2v) is 14.0. The monoisotopic (exact) mass is 771 g/mol. The first-order valence-electron chi connectivity index (χ1n) is 18.2. The van der Waals surface area contributed by atoms with E-state index in [1.807, 2.05) is 26.8 Å². The number of ether oxygens (including phenoxy) is 5. The molecule has 56 heavy (non-hydrogen) atoms. The zero-order valence-electron chi connectivity index (χ0n) is 32.0. The van der Waals surface area contributed by atoms with Crippen molar-refractivity contribution in [1.29, 1.82) is 0 Å². The summed E-state index contributed by atoms with van der Waals surface area (Å²) in [6, 6.07) is 7.92. The highest BCUT2D eigenvalue weighted by molar-refractivity contribution is 5.72. The molecule has 0 N–H and O–H groups in total. The predicted molar refractivity (Wildman–Crippen MR) is 203 cm³/mol. The van der Waals surface area contributed by atoms with Gasteiger partial charge in [-0.2, -0.15) is 9.97 Å². The summed E-state index contributed by atoms with van der Waals surface area (Å²) in [6.45, 7) is 9.51. The molecule has 0 aromatic carbocycles. The minimum Gasteiger partial charge on any atom is -0.486 e. The van der Waals surface area contributed by atoms with Crippen LogP contribution >= 0.6 is 0 Å². The minimum atomic E-state index is -0.618. The first-order valence-corrected chi connectivity index (χ1v) is 18.2. The maximum absolute atomic E-state index is 13.3. The molecule has 0 saturated carbocycles. The van der Waals surface area contributed by atoms with Crippen LogP contribution in [0.25, 0.3) is 22.3 Å². The molecule has 5 aromatic rings. The van der Waals surface area contributed by atoms with Crippen LogP contribution in [-0.4, -0.2) is 115 Å². The van der Waals surface area contributed by atoms with Gasteiger partial charge in [-0.3, -0.25) is 28.6 Å². The van der Waals surface area contributed by atoms with Crippen molar-refractivity contribution in [3.63, 3.8) is 0 Å². The van der Waals surface area contributed by atoms with Crippen LogP contribution in [0, 0.1) is 0 Å². The number of amides is 1. The molecule has 1 amide bonds. The Morgan fingerprint density at radius 1 is 0.839 bits per heavy atom.